The molecule has 3 N–H and O–H groups in total. The first-order chi connectivity index (χ1) is 17.6. The fraction of sp³-hybridized carbons (Fsp3) is 0.227. The summed E-state index contributed by atoms with van der Waals surface area (Å²) in [6, 6.07) is 9.00. The minimum atomic E-state index is -2.79. The summed E-state index contributed by atoms with van der Waals surface area (Å²) in [7, 11) is 1.24. The van der Waals surface area contributed by atoms with Gasteiger partial charge in [0.1, 0.15) is 18.2 Å². The molecule has 0 bridgehead atoms. The Labute approximate surface area is 214 Å². The highest BCUT2D eigenvalue weighted by atomic mass is 35.5. The van der Waals surface area contributed by atoms with Crippen LogP contribution in [-0.2, 0) is 22.3 Å². The van der Waals surface area contributed by atoms with Crippen LogP contribution in [0, 0.1) is 11.3 Å². The van der Waals surface area contributed by atoms with E-state index in [2.05, 4.69) is 20.4 Å². The molecule has 2 atom stereocenters. The number of aromatic nitrogens is 4. The maximum absolute atomic E-state index is 13.1. The Balaban J connectivity index is 1.85. The highest BCUT2D eigenvalue weighted by Crippen LogP contribution is 2.30. The third kappa shape index (κ3) is 5.29. The number of nitrogens with one attached hydrogen (secondary N) is 2. The number of hydrogen-bond acceptors (Lipinski definition) is 7. The van der Waals surface area contributed by atoms with Gasteiger partial charge in [-0.1, -0.05) is 11.6 Å². The van der Waals surface area contributed by atoms with Crippen LogP contribution in [0.25, 0.3) is 21.8 Å². The molecule has 2 unspecified atom stereocenters. The van der Waals surface area contributed by atoms with E-state index in [1.165, 1.54) is 37.4 Å². The van der Waals surface area contributed by atoms with E-state index in [4.69, 9.17) is 16.3 Å². The molecule has 0 aliphatic heterocycles. The van der Waals surface area contributed by atoms with Crippen molar-refractivity contribution in [2.45, 2.75) is 18.2 Å². The van der Waals surface area contributed by atoms with Crippen LogP contribution in [0.1, 0.15) is 22.5 Å². The number of alkyl halides is 2. The number of nitriles is 1. The van der Waals surface area contributed by atoms with Gasteiger partial charge in [0.25, 0.3) is 17.9 Å². The van der Waals surface area contributed by atoms with Crippen LogP contribution >= 0.6 is 11.6 Å². The number of rotatable bonds is 8. The van der Waals surface area contributed by atoms with Gasteiger partial charge < -0.3 is 19.6 Å². The minimum absolute atomic E-state index is 0.0159. The Kier molecular flexibility index (Phi) is 7.48. The van der Waals surface area contributed by atoms with Crippen molar-refractivity contribution in [3.8, 4) is 11.8 Å². The topological polar surface area (TPSA) is 163 Å². The maximum atomic E-state index is 13.1. The molecule has 0 radical (unpaired) electrons. The fourth-order valence-electron chi connectivity index (χ4n) is 3.66. The highest BCUT2D eigenvalue weighted by molar-refractivity contribution is 7.80. The molecule has 192 valence electrons. The molecule has 2 aromatic carbocycles. The van der Waals surface area contributed by atoms with E-state index in [9.17, 15) is 32.4 Å². The number of aromatic amines is 1. The number of hydrogen-bond donors (Lipinski definition) is 3. The van der Waals surface area contributed by atoms with E-state index in [1.54, 1.807) is 0 Å². The van der Waals surface area contributed by atoms with E-state index in [0.29, 0.717) is 21.5 Å². The number of likely N-dealkylation sites (N-methyl/N-ethyl adjacent to an activating group) is 1. The molecular formula is C22H17ClF2N6O5S. The molecule has 37 heavy (non-hydrogen) atoms. The van der Waals surface area contributed by atoms with Crippen LogP contribution < -0.4 is 15.6 Å². The summed E-state index contributed by atoms with van der Waals surface area (Å²) in [6.45, 7) is -0.847. The van der Waals surface area contributed by atoms with Gasteiger partial charge in [-0.2, -0.15) is 10.4 Å². The van der Waals surface area contributed by atoms with Gasteiger partial charge in [0.2, 0.25) is 5.37 Å². The molecule has 0 saturated carbocycles. The van der Waals surface area contributed by atoms with Gasteiger partial charge in [-0.25, -0.2) is 22.7 Å². The van der Waals surface area contributed by atoms with E-state index < -0.39 is 41.0 Å². The summed E-state index contributed by atoms with van der Waals surface area (Å²) in [5.74, 6) is -0.591. The summed E-state index contributed by atoms with van der Waals surface area (Å²) in [4.78, 5) is 32.8. The summed E-state index contributed by atoms with van der Waals surface area (Å²) in [6.07, 6.45) is -2.76. The van der Waals surface area contributed by atoms with Gasteiger partial charge in [-0.15, -0.1) is 0 Å². The molecule has 11 nitrogen and oxygen atoms in total. The Hall–Kier alpha value is -3.93. The number of carbonyl (C=O) groups is 1. The van der Waals surface area contributed by atoms with Crippen LogP contribution in [0.4, 0.5) is 8.78 Å². The van der Waals surface area contributed by atoms with Gasteiger partial charge in [0.15, 0.2) is 11.1 Å². The minimum Gasteiger partial charge on any atom is -0.486 e. The number of amides is 1. The van der Waals surface area contributed by atoms with Gasteiger partial charge in [-0.3, -0.25) is 9.59 Å². The first-order valence-electron chi connectivity index (χ1n) is 10.5. The number of nitrogens with zero attached hydrogens (tertiary/aromatic N) is 4. The number of carbonyl (C=O) groups excluding carboxylic acids is 1. The summed E-state index contributed by atoms with van der Waals surface area (Å²) >= 11 is 3.33. The molecule has 0 aliphatic carbocycles. The van der Waals surface area contributed by atoms with E-state index in [-0.39, 0.29) is 39.2 Å². The van der Waals surface area contributed by atoms with Crippen LogP contribution in [0.15, 0.2) is 35.1 Å². The van der Waals surface area contributed by atoms with Gasteiger partial charge in [0.05, 0.1) is 45.2 Å². The zero-order valence-corrected chi connectivity index (χ0v) is 20.4. The van der Waals surface area contributed by atoms with Gasteiger partial charge in [0, 0.05) is 18.5 Å². The predicted molar refractivity (Wildman–Crippen MR) is 130 cm³/mol. The lowest BCUT2D eigenvalue weighted by molar-refractivity contribution is -0.121. The number of benzene rings is 2. The van der Waals surface area contributed by atoms with Gasteiger partial charge >= 0.3 is 0 Å². The first-order valence-corrected chi connectivity index (χ1v) is 12.0. The van der Waals surface area contributed by atoms with Gasteiger partial charge in [-0.05, 0) is 24.3 Å². The molecule has 0 spiro atoms. The van der Waals surface area contributed by atoms with Crippen molar-refractivity contribution < 1.29 is 27.1 Å². The quantitative estimate of drug-likeness (QED) is 0.282. The van der Waals surface area contributed by atoms with E-state index >= 15 is 0 Å². The molecule has 15 heteroatoms. The highest BCUT2D eigenvalue weighted by Gasteiger charge is 2.29. The Bertz CT molecular complexity index is 1650. The van der Waals surface area contributed by atoms with Crippen molar-refractivity contribution in [1.82, 2.24) is 25.1 Å². The summed E-state index contributed by atoms with van der Waals surface area (Å²) in [5, 5.41) is 14.3. The van der Waals surface area contributed by atoms with Crippen LogP contribution in [-0.4, -0.2) is 54.5 Å². The van der Waals surface area contributed by atoms with Crippen molar-refractivity contribution in [3.05, 3.63) is 62.8 Å². The van der Waals surface area contributed by atoms with Crippen molar-refractivity contribution in [1.29, 1.82) is 5.26 Å². The number of halogens is 3. The molecule has 4 rings (SSSR count). The number of imidazole rings is 1. The van der Waals surface area contributed by atoms with Crippen molar-refractivity contribution in [3.63, 3.8) is 0 Å². The molecule has 2 heterocycles. The third-order valence-corrected chi connectivity index (χ3v) is 6.39. The smallest absolute Gasteiger partial charge is 0.276 e. The predicted octanol–water partition coefficient (Wildman–Crippen LogP) is 2.50. The standard InChI is InChI=1S/C22H17ClF2N6O5S/c1-27-20(32)22(37(34)35)31-21(33)11-3-2-10(8-26)4-12(11)14(30-31)7-19-28-15-5-13(23)17(6-16(15)29-19)36-9-18(24)25/h2-6,18,22H,7,9H2,1H3,(H,27,32)(H,28,29)(H,34,35). The Morgan fingerprint density at radius 1 is 1.35 bits per heavy atom. The maximum Gasteiger partial charge on any atom is 0.276 e. The molecule has 0 saturated heterocycles. The van der Waals surface area contributed by atoms with Crippen molar-refractivity contribution in [2.24, 2.45) is 0 Å². The Morgan fingerprint density at radius 2 is 2.11 bits per heavy atom. The first kappa shape index (κ1) is 26.1. The normalized spacial score (nSPS) is 13.0. The van der Waals surface area contributed by atoms with Crippen LogP contribution in [0.2, 0.25) is 5.02 Å². The lowest BCUT2D eigenvalue weighted by Crippen LogP contribution is -2.40. The summed E-state index contributed by atoms with van der Waals surface area (Å²) < 4.78 is 52.4. The molecular weight excluding hydrogens is 534 g/mol. The third-order valence-electron chi connectivity index (χ3n) is 5.29. The molecule has 4 aromatic rings. The van der Waals surface area contributed by atoms with Crippen LogP contribution in [0.3, 0.4) is 0 Å². The van der Waals surface area contributed by atoms with Crippen LogP contribution in [0.5, 0.6) is 5.75 Å². The second-order valence-corrected chi connectivity index (χ2v) is 9.08. The SMILES string of the molecule is CNC(=O)C(n1nc(Cc2nc3cc(OCC(F)F)c(Cl)cc3[nH]2)c2cc(C#N)ccc2c1=O)S(=O)O. The average molecular weight is 551 g/mol. The van der Waals surface area contributed by atoms with Crippen molar-refractivity contribution in [2.75, 3.05) is 13.7 Å². The lowest BCUT2D eigenvalue weighted by atomic mass is 10.1. The Morgan fingerprint density at radius 3 is 2.76 bits per heavy atom. The zero-order valence-electron chi connectivity index (χ0n) is 18.9. The monoisotopic (exact) mass is 550 g/mol. The van der Waals surface area contributed by atoms with E-state index in [0.717, 1.165) is 0 Å². The van der Waals surface area contributed by atoms with E-state index in [1.807, 2.05) is 6.07 Å². The number of fused-ring (bicyclic) bond motifs is 2. The fourth-order valence-corrected chi connectivity index (χ4v) is 4.50. The second-order valence-electron chi connectivity index (χ2n) is 7.67. The summed E-state index contributed by atoms with van der Waals surface area (Å²) in [5.41, 5.74) is 0.401. The molecule has 1 amide bonds. The molecule has 0 fully saturated rings. The second kappa shape index (κ2) is 10.6. The van der Waals surface area contributed by atoms with Crippen molar-refractivity contribution >= 4 is 50.4 Å². The largest absolute Gasteiger partial charge is 0.486 e. The molecule has 0 aliphatic rings. The number of H-pyrrole nitrogens is 1. The average Bonchev–Trinajstić information content (AvgIpc) is 3.25. The molecule has 2 aromatic heterocycles. The lowest BCUT2D eigenvalue weighted by Gasteiger charge is -2.16. The number of ether oxygens (including phenoxy) is 1. The zero-order chi connectivity index (χ0) is 26.9.